The highest BCUT2D eigenvalue weighted by Crippen LogP contribution is 2.30. The zero-order valence-corrected chi connectivity index (χ0v) is 13.2. The number of anilines is 2. The minimum Gasteiger partial charge on any atom is -0.492 e. The van der Waals surface area contributed by atoms with Crippen LogP contribution in [0.4, 0.5) is 11.4 Å². The Labute approximate surface area is 124 Å². The molecule has 0 spiro atoms. The van der Waals surface area contributed by atoms with Gasteiger partial charge in [0.15, 0.2) is 0 Å². The number of hydrogen-bond acceptors (Lipinski definition) is 5. The Bertz CT molecular complexity index is 595. The molecule has 4 nitrogen and oxygen atoms in total. The third kappa shape index (κ3) is 3.22. The number of nitrogens with two attached hydrogens (primary N) is 1. The lowest BCUT2D eigenvalue weighted by molar-refractivity contribution is 0.342. The molecule has 0 bridgehead atoms. The molecule has 0 radical (unpaired) electrons. The predicted octanol–water partition coefficient (Wildman–Crippen LogP) is 3.91. The maximum Gasteiger partial charge on any atom is 0.144 e. The highest BCUT2D eigenvalue weighted by Gasteiger charge is 2.13. The van der Waals surface area contributed by atoms with E-state index in [0.29, 0.717) is 12.3 Å². The van der Waals surface area contributed by atoms with Crippen molar-refractivity contribution in [1.82, 2.24) is 4.98 Å². The lowest BCUT2D eigenvalue weighted by atomic mass is 10.2. The Morgan fingerprint density at radius 3 is 2.75 bits per heavy atom. The Morgan fingerprint density at radius 1 is 1.40 bits per heavy atom. The van der Waals surface area contributed by atoms with Crippen molar-refractivity contribution >= 4 is 22.7 Å². The molecular weight excluding hydrogens is 270 g/mol. The fraction of sp³-hybridized carbons (Fsp3) is 0.400. The number of aryl methyl sites for hydroxylation is 2. The van der Waals surface area contributed by atoms with Gasteiger partial charge in [-0.15, -0.1) is 11.3 Å². The van der Waals surface area contributed by atoms with Gasteiger partial charge in [-0.05, 0) is 39.8 Å². The summed E-state index contributed by atoms with van der Waals surface area (Å²) in [6, 6.07) is 5.99. The molecule has 0 fully saturated rings. The monoisotopic (exact) mass is 291 g/mol. The molecule has 3 N–H and O–H groups in total. The van der Waals surface area contributed by atoms with Crippen molar-refractivity contribution in [3.63, 3.8) is 0 Å². The number of nitrogens with one attached hydrogen (secondary N) is 1. The minimum absolute atomic E-state index is 0.208. The number of thiazole rings is 1. The summed E-state index contributed by atoms with van der Waals surface area (Å²) in [5.74, 6) is 0.724. The van der Waals surface area contributed by atoms with E-state index >= 15 is 0 Å². The van der Waals surface area contributed by atoms with Gasteiger partial charge in [0, 0.05) is 16.6 Å². The smallest absolute Gasteiger partial charge is 0.144 e. The molecule has 0 amide bonds. The minimum atomic E-state index is 0.208. The maximum atomic E-state index is 5.88. The second-order valence-electron chi connectivity index (χ2n) is 4.73. The lowest BCUT2D eigenvalue weighted by Gasteiger charge is -2.16. The molecule has 0 saturated heterocycles. The van der Waals surface area contributed by atoms with E-state index in [0.717, 1.165) is 22.1 Å². The molecule has 1 atom stereocenters. The molecule has 2 rings (SSSR count). The van der Waals surface area contributed by atoms with Crippen molar-refractivity contribution in [1.29, 1.82) is 0 Å². The molecule has 0 saturated carbocycles. The second kappa shape index (κ2) is 6.13. The first-order valence-corrected chi connectivity index (χ1v) is 7.55. The normalized spacial score (nSPS) is 12.2. The number of nitrogens with zero attached hydrogens (tertiary/aromatic N) is 1. The molecule has 20 heavy (non-hydrogen) atoms. The molecule has 0 aliphatic heterocycles. The number of aromatic nitrogens is 1. The van der Waals surface area contributed by atoms with Gasteiger partial charge in [0.05, 0.1) is 29.0 Å². The number of rotatable bonds is 5. The standard InChI is InChI=1S/C15H21N3OS/c1-5-19-14-8-12(6-7-13(14)16)18-10(3)15-9(2)17-11(4)20-15/h6-8,10,18H,5,16H2,1-4H3. The van der Waals surface area contributed by atoms with E-state index in [1.165, 1.54) is 4.88 Å². The molecule has 5 heteroatoms. The Kier molecular flexibility index (Phi) is 4.49. The predicted molar refractivity (Wildman–Crippen MR) is 85.6 cm³/mol. The molecule has 1 aromatic heterocycles. The summed E-state index contributed by atoms with van der Waals surface area (Å²) in [4.78, 5) is 5.73. The van der Waals surface area contributed by atoms with E-state index in [1.807, 2.05) is 39.0 Å². The van der Waals surface area contributed by atoms with Crippen LogP contribution in [0.3, 0.4) is 0 Å². The fourth-order valence-electron chi connectivity index (χ4n) is 2.17. The van der Waals surface area contributed by atoms with Gasteiger partial charge in [0.2, 0.25) is 0 Å². The van der Waals surface area contributed by atoms with Crippen LogP contribution < -0.4 is 15.8 Å². The zero-order chi connectivity index (χ0) is 14.7. The van der Waals surface area contributed by atoms with Gasteiger partial charge >= 0.3 is 0 Å². The Hall–Kier alpha value is -1.75. The van der Waals surface area contributed by atoms with Crippen molar-refractivity contribution in [2.24, 2.45) is 0 Å². The van der Waals surface area contributed by atoms with Crippen LogP contribution in [0, 0.1) is 13.8 Å². The van der Waals surface area contributed by atoms with Crippen LogP contribution >= 0.6 is 11.3 Å². The van der Waals surface area contributed by atoms with Crippen molar-refractivity contribution in [3.8, 4) is 5.75 Å². The Morgan fingerprint density at radius 2 is 2.15 bits per heavy atom. The summed E-state index contributed by atoms with van der Waals surface area (Å²) in [7, 11) is 0. The van der Waals surface area contributed by atoms with Crippen LogP contribution in [0.25, 0.3) is 0 Å². The van der Waals surface area contributed by atoms with E-state index in [9.17, 15) is 0 Å². The summed E-state index contributed by atoms with van der Waals surface area (Å²) >= 11 is 1.73. The number of benzene rings is 1. The number of hydrogen-bond donors (Lipinski definition) is 2. The van der Waals surface area contributed by atoms with Gasteiger partial charge < -0.3 is 15.8 Å². The van der Waals surface area contributed by atoms with Gasteiger partial charge in [-0.1, -0.05) is 0 Å². The topological polar surface area (TPSA) is 60.2 Å². The zero-order valence-electron chi connectivity index (χ0n) is 12.4. The SMILES string of the molecule is CCOc1cc(NC(C)c2sc(C)nc2C)ccc1N. The van der Waals surface area contributed by atoms with Gasteiger partial charge in [0.1, 0.15) is 5.75 Å². The molecular formula is C15H21N3OS. The quantitative estimate of drug-likeness (QED) is 0.820. The summed E-state index contributed by atoms with van der Waals surface area (Å²) < 4.78 is 5.52. The Balaban J connectivity index is 2.17. The summed E-state index contributed by atoms with van der Waals surface area (Å²) in [6.45, 7) is 8.77. The van der Waals surface area contributed by atoms with Gasteiger partial charge in [-0.3, -0.25) is 0 Å². The second-order valence-corrected chi connectivity index (χ2v) is 5.97. The molecule has 1 heterocycles. The van der Waals surface area contributed by atoms with Gasteiger partial charge in [-0.2, -0.15) is 0 Å². The van der Waals surface area contributed by atoms with Gasteiger partial charge in [-0.25, -0.2) is 4.98 Å². The molecule has 2 aromatic rings. The first kappa shape index (κ1) is 14.7. The average molecular weight is 291 g/mol. The molecule has 0 aliphatic rings. The maximum absolute atomic E-state index is 5.88. The van der Waals surface area contributed by atoms with Crippen LogP contribution in [-0.4, -0.2) is 11.6 Å². The average Bonchev–Trinajstić information content (AvgIpc) is 2.73. The molecule has 1 unspecified atom stereocenters. The number of ether oxygens (including phenoxy) is 1. The van der Waals surface area contributed by atoms with E-state index < -0.39 is 0 Å². The fourth-order valence-corrected chi connectivity index (χ4v) is 3.10. The largest absolute Gasteiger partial charge is 0.492 e. The van der Waals surface area contributed by atoms with E-state index in [1.54, 1.807) is 11.3 Å². The van der Waals surface area contributed by atoms with Gasteiger partial charge in [0.25, 0.3) is 0 Å². The first-order valence-electron chi connectivity index (χ1n) is 6.74. The van der Waals surface area contributed by atoms with Crippen molar-refractivity contribution < 1.29 is 4.74 Å². The molecule has 108 valence electrons. The van der Waals surface area contributed by atoms with E-state index in [2.05, 4.69) is 17.2 Å². The molecule has 0 aliphatic carbocycles. The van der Waals surface area contributed by atoms with Crippen LogP contribution in [0.1, 0.15) is 35.5 Å². The number of nitrogen functional groups attached to an aromatic ring is 1. The lowest BCUT2D eigenvalue weighted by Crippen LogP contribution is -2.07. The van der Waals surface area contributed by atoms with E-state index in [4.69, 9.17) is 10.5 Å². The first-order chi connectivity index (χ1) is 9.51. The third-order valence-electron chi connectivity index (χ3n) is 3.03. The highest BCUT2D eigenvalue weighted by atomic mass is 32.1. The van der Waals surface area contributed by atoms with Crippen LogP contribution in [0.5, 0.6) is 5.75 Å². The summed E-state index contributed by atoms with van der Waals surface area (Å²) in [5.41, 5.74) is 8.64. The van der Waals surface area contributed by atoms with Crippen LogP contribution in [-0.2, 0) is 0 Å². The van der Waals surface area contributed by atoms with Crippen LogP contribution in [0.2, 0.25) is 0 Å². The third-order valence-corrected chi connectivity index (χ3v) is 4.28. The summed E-state index contributed by atoms with van der Waals surface area (Å²) in [5, 5.41) is 4.57. The van der Waals surface area contributed by atoms with Crippen molar-refractivity contribution in [2.45, 2.75) is 33.7 Å². The van der Waals surface area contributed by atoms with Crippen molar-refractivity contribution in [2.75, 3.05) is 17.7 Å². The highest BCUT2D eigenvalue weighted by molar-refractivity contribution is 7.11. The van der Waals surface area contributed by atoms with E-state index in [-0.39, 0.29) is 6.04 Å². The summed E-state index contributed by atoms with van der Waals surface area (Å²) in [6.07, 6.45) is 0. The van der Waals surface area contributed by atoms with Crippen molar-refractivity contribution in [3.05, 3.63) is 33.8 Å². The van der Waals surface area contributed by atoms with Crippen LogP contribution in [0.15, 0.2) is 18.2 Å². The molecule has 1 aromatic carbocycles.